The van der Waals surface area contributed by atoms with E-state index < -0.39 is 0 Å². The Balaban J connectivity index is 1.41. The van der Waals surface area contributed by atoms with Crippen LogP contribution in [0.5, 0.6) is 0 Å². The molecule has 1 heterocycles. The van der Waals surface area contributed by atoms with Crippen LogP contribution in [0.25, 0.3) is 10.9 Å². The highest BCUT2D eigenvalue weighted by molar-refractivity contribution is 9.10. The van der Waals surface area contributed by atoms with Crippen molar-refractivity contribution in [1.29, 1.82) is 0 Å². The molecule has 3 rings (SSSR count). The van der Waals surface area contributed by atoms with Crippen molar-refractivity contribution in [3.63, 3.8) is 0 Å². The van der Waals surface area contributed by atoms with Crippen LogP contribution in [0.15, 0.2) is 59.2 Å². The molecule has 0 saturated heterocycles. The summed E-state index contributed by atoms with van der Waals surface area (Å²) >= 11 is 3.52. The second-order valence-corrected chi connectivity index (χ2v) is 6.49. The zero-order valence-corrected chi connectivity index (χ0v) is 14.9. The van der Waals surface area contributed by atoms with Crippen LogP contribution < -0.4 is 10.6 Å². The van der Waals surface area contributed by atoms with Crippen molar-refractivity contribution in [2.75, 3.05) is 13.1 Å². The molecule has 124 valence electrons. The average Bonchev–Trinajstić information content (AvgIpc) is 3.00. The van der Waals surface area contributed by atoms with Crippen molar-refractivity contribution in [2.24, 2.45) is 0 Å². The molecule has 0 radical (unpaired) electrons. The summed E-state index contributed by atoms with van der Waals surface area (Å²) in [4.78, 5) is 15.1. The monoisotopic (exact) mass is 385 g/mol. The van der Waals surface area contributed by atoms with Gasteiger partial charge in [0.2, 0.25) is 0 Å². The lowest BCUT2D eigenvalue weighted by molar-refractivity contribution is 0.241. The van der Waals surface area contributed by atoms with Gasteiger partial charge < -0.3 is 15.6 Å². The predicted molar refractivity (Wildman–Crippen MR) is 101 cm³/mol. The molecule has 0 aliphatic rings. The minimum absolute atomic E-state index is 0.123. The van der Waals surface area contributed by atoms with Crippen molar-refractivity contribution >= 4 is 32.9 Å². The zero-order valence-electron chi connectivity index (χ0n) is 13.3. The first-order chi connectivity index (χ1) is 11.7. The summed E-state index contributed by atoms with van der Waals surface area (Å²) in [5, 5.41) is 7.02. The highest BCUT2D eigenvalue weighted by atomic mass is 79.9. The highest BCUT2D eigenvalue weighted by Crippen LogP contribution is 2.17. The second kappa shape index (κ2) is 8.02. The molecule has 0 saturated carbocycles. The number of halogens is 1. The molecule has 2 aromatic carbocycles. The summed E-state index contributed by atoms with van der Waals surface area (Å²) in [5.74, 6) is 0. The van der Waals surface area contributed by atoms with E-state index in [0.717, 1.165) is 22.8 Å². The molecule has 0 aliphatic heterocycles. The first-order valence-corrected chi connectivity index (χ1v) is 8.83. The molecule has 0 fully saturated rings. The van der Waals surface area contributed by atoms with E-state index in [1.54, 1.807) is 0 Å². The maximum Gasteiger partial charge on any atom is 0.314 e. The van der Waals surface area contributed by atoms with E-state index in [1.165, 1.54) is 16.5 Å². The summed E-state index contributed by atoms with van der Waals surface area (Å²) in [6.07, 6.45) is 3.62. The summed E-state index contributed by atoms with van der Waals surface area (Å²) < 4.78 is 1.08. The van der Waals surface area contributed by atoms with Gasteiger partial charge in [-0.1, -0.05) is 52.3 Å². The number of carbonyl (C=O) groups excluding carboxylic acids is 1. The third-order valence-electron chi connectivity index (χ3n) is 3.99. The van der Waals surface area contributed by atoms with Crippen LogP contribution in [0.4, 0.5) is 4.79 Å². The Hall–Kier alpha value is -2.27. The first-order valence-electron chi connectivity index (χ1n) is 8.04. The normalized spacial score (nSPS) is 10.7. The van der Waals surface area contributed by atoms with Gasteiger partial charge in [-0.2, -0.15) is 0 Å². The zero-order chi connectivity index (χ0) is 16.8. The number of urea groups is 1. The fourth-order valence-electron chi connectivity index (χ4n) is 2.72. The van der Waals surface area contributed by atoms with Gasteiger partial charge in [-0.25, -0.2) is 4.79 Å². The SMILES string of the molecule is O=C(NCCc1ccccc1Br)NCCc1c[nH]c2ccccc12. The van der Waals surface area contributed by atoms with Crippen LogP contribution in [0.3, 0.4) is 0 Å². The number of rotatable bonds is 6. The largest absolute Gasteiger partial charge is 0.361 e. The van der Waals surface area contributed by atoms with E-state index in [-0.39, 0.29) is 6.03 Å². The van der Waals surface area contributed by atoms with Crippen LogP contribution in [0, 0.1) is 0 Å². The molecule has 3 N–H and O–H groups in total. The van der Waals surface area contributed by atoms with Gasteiger partial charge in [-0.3, -0.25) is 0 Å². The molecule has 0 spiro atoms. The molecule has 2 amide bonds. The molecule has 0 atom stereocenters. The lowest BCUT2D eigenvalue weighted by atomic mass is 10.1. The number of aromatic nitrogens is 1. The maximum atomic E-state index is 11.9. The lowest BCUT2D eigenvalue weighted by Gasteiger charge is -2.08. The Morgan fingerprint density at radius 2 is 1.58 bits per heavy atom. The van der Waals surface area contributed by atoms with E-state index in [4.69, 9.17) is 0 Å². The molecule has 0 bridgehead atoms. The number of nitrogens with one attached hydrogen (secondary N) is 3. The fraction of sp³-hybridized carbons (Fsp3) is 0.211. The average molecular weight is 386 g/mol. The van der Waals surface area contributed by atoms with Crippen LogP contribution in [-0.4, -0.2) is 24.1 Å². The Kier molecular flexibility index (Phi) is 5.54. The molecule has 0 unspecified atom stereocenters. The van der Waals surface area contributed by atoms with Crippen LogP contribution in [-0.2, 0) is 12.8 Å². The first kappa shape index (κ1) is 16.6. The molecule has 4 nitrogen and oxygen atoms in total. The van der Waals surface area contributed by atoms with Gasteiger partial charge in [0.15, 0.2) is 0 Å². The number of hydrogen-bond donors (Lipinski definition) is 3. The van der Waals surface area contributed by atoms with E-state index in [9.17, 15) is 4.79 Å². The number of amides is 2. The van der Waals surface area contributed by atoms with Crippen LogP contribution in [0.1, 0.15) is 11.1 Å². The summed E-state index contributed by atoms with van der Waals surface area (Å²) in [6.45, 7) is 1.23. The molecule has 24 heavy (non-hydrogen) atoms. The molecule has 1 aromatic heterocycles. The van der Waals surface area contributed by atoms with E-state index in [1.807, 2.05) is 36.5 Å². The Labute approximate surface area is 149 Å². The van der Waals surface area contributed by atoms with Crippen LogP contribution >= 0.6 is 15.9 Å². The van der Waals surface area contributed by atoms with Gasteiger partial charge in [0.05, 0.1) is 0 Å². The topological polar surface area (TPSA) is 56.9 Å². The van der Waals surface area contributed by atoms with E-state index >= 15 is 0 Å². The third kappa shape index (κ3) is 4.17. The smallest absolute Gasteiger partial charge is 0.314 e. The van der Waals surface area contributed by atoms with Crippen molar-refractivity contribution in [3.8, 4) is 0 Å². The van der Waals surface area contributed by atoms with E-state index in [2.05, 4.69) is 49.7 Å². The van der Waals surface area contributed by atoms with Crippen LogP contribution in [0.2, 0.25) is 0 Å². The van der Waals surface area contributed by atoms with Crippen molar-refractivity contribution in [2.45, 2.75) is 12.8 Å². The molecular formula is C19H20BrN3O. The maximum absolute atomic E-state index is 11.9. The Morgan fingerprint density at radius 3 is 2.38 bits per heavy atom. The van der Waals surface area contributed by atoms with Gasteiger partial charge >= 0.3 is 6.03 Å². The van der Waals surface area contributed by atoms with Gasteiger partial charge in [-0.05, 0) is 36.1 Å². The van der Waals surface area contributed by atoms with Gasteiger partial charge in [0.25, 0.3) is 0 Å². The van der Waals surface area contributed by atoms with Crippen molar-refractivity contribution in [1.82, 2.24) is 15.6 Å². The number of para-hydroxylation sites is 1. The van der Waals surface area contributed by atoms with Gasteiger partial charge in [0.1, 0.15) is 0 Å². The molecule has 0 aliphatic carbocycles. The summed E-state index contributed by atoms with van der Waals surface area (Å²) in [6, 6.07) is 16.1. The quantitative estimate of drug-likeness (QED) is 0.589. The summed E-state index contributed by atoms with van der Waals surface area (Å²) in [7, 11) is 0. The summed E-state index contributed by atoms with van der Waals surface area (Å²) in [5.41, 5.74) is 3.54. The highest BCUT2D eigenvalue weighted by Gasteiger charge is 2.05. The number of carbonyl (C=O) groups is 1. The minimum atomic E-state index is -0.123. The second-order valence-electron chi connectivity index (χ2n) is 5.63. The number of benzene rings is 2. The minimum Gasteiger partial charge on any atom is -0.361 e. The fourth-order valence-corrected chi connectivity index (χ4v) is 3.21. The molecular weight excluding hydrogens is 366 g/mol. The van der Waals surface area contributed by atoms with E-state index in [0.29, 0.717) is 13.1 Å². The Morgan fingerprint density at radius 1 is 0.917 bits per heavy atom. The number of hydrogen-bond acceptors (Lipinski definition) is 1. The molecule has 5 heteroatoms. The van der Waals surface area contributed by atoms with Gasteiger partial charge in [-0.15, -0.1) is 0 Å². The predicted octanol–water partition coefficient (Wildman–Crippen LogP) is 4.01. The molecule has 3 aromatic rings. The number of aromatic amines is 1. The third-order valence-corrected chi connectivity index (χ3v) is 4.77. The lowest BCUT2D eigenvalue weighted by Crippen LogP contribution is -2.37. The Bertz CT molecular complexity index is 828. The van der Waals surface area contributed by atoms with Crippen molar-refractivity contribution < 1.29 is 4.79 Å². The standard InChI is InChI=1S/C19H20BrN3O/c20-17-7-3-1-5-14(17)9-11-21-19(24)22-12-10-15-13-23-18-8-4-2-6-16(15)18/h1-8,13,23H,9-12H2,(H2,21,22,24). The van der Waals surface area contributed by atoms with Gasteiger partial charge in [0, 0.05) is 34.7 Å². The van der Waals surface area contributed by atoms with Crippen molar-refractivity contribution in [3.05, 3.63) is 70.3 Å². The number of fused-ring (bicyclic) bond motifs is 1. The number of H-pyrrole nitrogens is 1.